The molecule has 6 nitrogen and oxygen atoms in total. The molecule has 1 amide bonds. The Morgan fingerprint density at radius 1 is 1.11 bits per heavy atom. The van der Waals surface area contributed by atoms with Gasteiger partial charge in [0.2, 0.25) is 5.91 Å². The number of hydrogen-bond acceptors (Lipinski definition) is 5. The number of carbonyl (C=O) groups excluding carboxylic acids is 1. The monoisotopic (exact) mass is 396 g/mol. The van der Waals surface area contributed by atoms with E-state index in [9.17, 15) is 4.79 Å². The van der Waals surface area contributed by atoms with Gasteiger partial charge in [-0.2, -0.15) is 0 Å². The average molecular weight is 397 g/mol. The molecule has 0 unspecified atom stereocenters. The molecule has 1 fully saturated rings. The molecule has 0 atom stereocenters. The number of nitrogens with one attached hydrogen (secondary N) is 1. The van der Waals surface area contributed by atoms with Crippen LogP contribution in [0.5, 0.6) is 0 Å². The number of ether oxygens (including phenoxy) is 1. The summed E-state index contributed by atoms with van der Waals surface area (Å²) in [5.41, 5.74) is 1.69. The molecule has 28 heavy (non-hydrogen) atoms. The van der Waals surface area contributed by atoms with Gasteiger partial charge in [0.15, 0.2) is 5.82 Å². The third-order valence-corrected chi connectivity index (χ3v) is 4.92. The molecule has 0 bridgehead atoms. The normalized spacial score (nSPS) is 14.2. The summed E-state index contributed by atoms with van der Waals surface area (Å²) in [6.45, 7) is 3.03. The summed E-state index contributed by atoms with van der Waals surface area (Å²) in [6.07, 6.45) is 0.403. The number of anilines is 1. The van der Waals surface area contributed by atoms with Crippen molar-refractivity contribution < 1.29 is 9.53 Å². The van der Waals surface area contributed by atoms with Crippen LogP contribution in [0.15, 0.2) is 48.5 Å². The lowest BCUT2D eigenvalue weighted by Gasteiger charge is -2.26. The molecular formula is C21H21ClN4O2. The Hall–Kier alpha value is -2.70. The van der Waals surface area contributed by atoms with Crippen LogP contribution in [0.2, 0.25) is 5.02 Å². The van der Waals surface area contributed by atoms with Crippen LogP contribution in [0.4, 0.5) is 5.82 Å². The summed E-state index contributed by atoms with van der Waals surface area (Å²) in [5, 5.41) is 4.82. The maximum absolute atomic E-state index is 12.4. The SMILES string of the molecule is O=C(CCNc1nc(-c2ccccc2)nc2cc(Cl)ccc12)N1CCOCC1. The van der Waals surface area contributed by atoms with Gasteiger partial charge in [-0.1, -0.05) is 41.9 Å². The Morgan fingerprint density at radius 2 is 1.89 bits per heavy atom. The topological polar surface area (TPSA) is 67.4 Å². The molecule has 0 radical (unpaired) electrons. The van der Waals surface area contributed by atoms with E-state index in [0.717, 1.165) is 16.5 Å². The van der Waals surface area contributed by atoms with Gasteiger partial charge in [-0.3, -0.25) is 4.79 Å². The molecule has 2 heterocycles. The van der Waals surface area contributed by atoms with E-state index in [4.69, 9.17) is 21.3 Å². The maximum Gasteiger partial charge on any atom is 0.224 e. The second-order valence-electron chi connectivity index (χ2n) is 6.59. The first-order valence-electron chi connectivity index (χ1n) is 9.33. The van der Waals surface area contributed by atoms with Crippen molar-refractivity contribution in [3.8, 4) is 11.4 Å². The standard InChI is InChI=1S/C21H21ClN4O2/c22-16-6-7-17-18(14-16)24-20(15-4-2-1-3-5-15)25-21(17)23-9-8-19(27)26-10-12-28-13-11-26/h1-7,14H,8-13H2,(H,23,24,25). The summed E-state index contributed by atoms with van der Waals surface area (Å²) < 4.78 is 5.30. The van der Waals surface area contributed by atoms with E-state index >= 15 is 0 Å². The minimum absolute atomic E-state index is 0.125. The second-order valence-corrected chi connectivity index (χ2v) is 7.03. The molecule has 1 saturated heterocycles. The molecule has 144 valence electrons. The smallest absolute Gasteiger partial charge is 0.224 e. The molecule has 4 rings (SSSR count). The summed E-state index contributed by atoms with van der Waals surface area (Å²) in [7, 11) is 0. The van der Waals surface area contributed by atoms with Gasteiger partial charge in [0, 0.05) is 42.0 Å². The number of hydrogen-bond donors (Lipinski definition) is 1. The van der Waals surface area contributed by atoms with Crippen molar-refractivity contribution in [2.24, 2.45) is 0 Å². The fourth-order valence-corrected chi connectivity index (χ4v) is 3.38. The van der Waals surface area contributed by atoms with Crippen molar-refractivity contribution in [1.82, 2.24) is 14.9 Å². The Kier molecular flexibility index (Phi) is 5.69. The molecule has 1 aliphatic rings. The van der Waals surface area contributed by atoms with Crippen LogP contribution in [0.3, 0.4) is 0 Å². The molecular weight excluding hydrogens is 376 g/mol. The van der Waals surface area contributed by atoms with Gasteiger partial charge in [-0.25, -0.2) is 9.97 Å². The fourth-order valence-electron chi connectivity index (χ4n) is 3.21. The predicted octanol–water partition coefficient (Wildman–Crippen LogP) is 3.61. The van der Waals surface area contributed by atoms with Gasteiger partial charge < -0.3 is 15.0 Å². The lowest BCUT2D eigenvalue weighted by Crippen LogP contribution is -2.41. The Morgan fingerprint density at radius 3 is 2.68 bits per heavy atom. The zero-order valence-corrected chi connectivity index (χ0v) is 16.2. The molecule has 0 saturated carbocycles. The minimum atomic E-state index is 0.125. The van der Waals surface area contributed by atoms with Crippen molar-refractivity contribution in [2.45, 2.75) is 6.42 Å². The van der Waals surface area contributed by atoms with E-state index in [1.807, 2.05) is 53.4 Å². The summed E-state index contributed by atoms with van der Waals surface area (Å²) in [6, 6.07) is 15.4. The molecule has 2 aromatic carbocycles. The van der Waals surface area contributed by atoms with Crippen LogP contribution in [-0.2, 0) is 9.53 Å². The molecule has 0 spiro atoms. The Balaban J connectivity index is 1.55. The van der Waals surface area contributed by atoms with E-state index in [1.54, 1.807) is 0 Å². The molecule has 0 aliphatic carbocycles. The van der Waals surface area contributed by atoms with Gasteiger partial charge in [-0.05, 0) is 18.2 Å². The van der Waals surface area contributed by atoms with E-state index in [1.165, 1.54) is 0 Å². The fraction of sp³-hybridized carbons (Fsp3) is 0.286. The maximum atomic E-state index is 12.4. The highest BCUT2D eigenvalue weighted by Gasteiger charge is 2.16. The molecule has 1 aliphatic heterocycles. The summed E-state index contributed by atoms with van der Waals surface area (Å²) in [4.78, 5) is 23.6. The second kappa shape index (κ2) is 8.54. The number of aromatic nitrogens is 2. The first-order valence-corrected chi connectivity index (χ1v) is 9.70. The number of fused-ring (bicyclic) bond motifs is 1. The van der Waals surface area contributed by atoms with Crippen LogP contribution in [0.1, 0.15) is 6.42 Å². The van der Waals surface area contributed by atoms with Crippen LogP contribution in [-0.4, -0.2) is 53.6 Å². The van der Waals surface area contributed by atoms with E-state index in [0.29, 0.717) is 55.9 Å². The van der Waals surface area contributed by atoms with Gasteiger partial charge in [0.05, 0.1) is 18.7 Å². The minimum Gasteiger partial charge on any atom is -0.378 e. The number of carbonyl (C=O) groups is 1. The van der Waals surface area contributed by atoms with Gasteiger partial charge in [0.25, 0.3) is 0 Å². The zero-order chi connectivity index (χ0) is 19.3. The Bertz CT molecular complexity index is 975. The van der Waals surface area contributed by atoms with Crippen molar-refractivity contribution in [3.05, 3.63) is 53.6 Å². The first kappa shape index (κ1) is 18.7. The van der Waals surface area contributed by atoms with Crippen LogP contribution < -0.4 is 5.32 Å². The quantitative estimate of drug-likeness (QED) is 0.713. The predicted molar refractivity (Wildman–Crippen MR) is 110 cm³/mol. The van der Waals surface area contributed by atoms with Gasteiger partial charge >= 0.3 is 0 Å². The number of halogens is 1. The highest BCUT2D eigenvalue weighted by Crippen LogP contribution is 2.27. The van der Waals surface area contributed by atoms with E-state index in [-0.39, 0.29) is 5.91 Å². The molecule has 1 N–H and O–H groups in total. The highest BCUT2D eigenvalue weighted by atomic mass is 35.5. The van der Waals surface area contributed by atoms with Crippen molar-refractivity contribution >= 4 is 34.2 Å². The summed E-state index contributed by atoms with van der Waals surface area (Å²) >= 11 is 6.16. The number of morpholine rings is 1. The molecule has 7 heteroatoms. The summed E-state index contributed by atoms with van der Waals surface area (Å²) in [5.74, 6) is 1.45. The molecule has 3 aromatic rings. The molecule has 1 aromatic heterocycles. The largest absolute Gasteiger partial charge is 0.378 e. The first-order chi connectivity index (χ1) is 13.7. The third-order valence-electron chi connectivity index (χ3n) is 4.69. The highest BCUT2D eigenvalue weighted by molar-refractivity contribution is 6.31. The zero-order valence-electron chi connectivity index (χ0n) is 15.4. The van der Waals surface area contributed by atoms with E-state index in [2.05, 4.69) is 10.3 Å². The van der Waals surface area contributed by atoms with Gasteiger partial charge in [0.1, 0.15) is 5.82 Å². The van der Waals surface area contributed by atoms with Crippen LogP contribution in [0.25, 0.3) is 22.3 Å². The van der Waals surface area contributed by atoms with Crippen molar-refractivity contribution in [3.63, 3.8) is 0 Å². The number of amides is 1. The number of nitrogens with zero attached hydrogens (tertiary/aromatic N) is 3. The van der Waals surface area contributed by atoms with Crippen molar-refractivity contribution in [2.75, 3.05) is 38.2 Å². The lowest BCUT2D eigenvalue weighted by molar-refractivity contribution is -0.134. The lowest BCUT2D eigenvalue weighted by atomic mass is 10.2. The van der Waals surface area contributed by atoms with Crippen LogP contribution in [0, 0.1) is 0 Å². The van der Waals surface area contributed by atoms with Crippen molar-refractivity contribution in [1.29, 1.82) is 0 Å². The number of benzene rings is 2. The third kappa shape index (κ3) is 4.24. The average Bonchev–Trinajstić information content (AvgIpc) is 2.74. The van der Waals surface area contributed by atoms with Crippen LogP contribution >= 0.6 is 11.6 Å². The number of rotatable bonds is 5. The van der Waals surface area contributed by atoms with Gasteiger partial charge in [-0.15, -0.1) is 0 Å². The Labute approximate surface area is 168 Å². The van der Waals surface area contributed by atoms with E-state index < -0.39 is 0 Å².